The van der Waals surface area contributed by atoms with Gasteiger partial charge in [-0.1, -0.05) is 13.8 Å². The SMILES string of the molecule is CC(C)[C@@H](CO)NCc1cc(Br)c2c(c1)OCCCO2. The van der Waals surface area contributed by atoms with Gasteiger partial charge in [0.05, 0.1) is 24.3 Å². The van der Waals surface area contributed by atoms with E-state index in [0.717, 1.165) is 28.0 Å². The first-order valence-corrected chi connectivity index (χ1v) is 7.83. The van der Waals surface area contributed by atoms with E-state index in [-0.39, 0.29) is 12.6 Å². The zero-order valence-electron chi connectivity index (χ0n) is 12.0. The maximum absolute atomic E-state index is 9.34. The minimum atomic E-state index is 0.102. The Morgan fingerprint density at radius 1 is 1.30 bits per heavy atom. The Balaban J connectivity index is 2.09. The molecule has 0 spiro atoms. The molecule has 5 heteroatoms. The van der Waals surface area contributed by atoms with Crippen molar-refractivity contribution in [1.29, 1.82) is 0 Å². The summed E-state index contributed by atoms with van der Waals surface area (Å²) in [4.78, 5) is 0. The minimum Gasteiger partial charge on any atom is -0.490 e. The van der Waals surface area contributed by atoms with Gasteiger partial charge in [-0.05, 0) is 39.5 Å². The molecule has 0 bridgehead atoms. The summed E-state index contributed by atoms with van der Waals surface area (Å²) >= 11 is 3.54. The van der Waals surface area contributed by atoms with Gasteiger partial charge in [0.2, 0.25) is 0 Å². The fourth-order valence-electron chi connectivity index (χ4n) is 2.15. The summed E-state index contributed by atoms with van der Waals surface area (Å²) in [7, 11) is 0. The molecular weight excluding hydrogens is 322 g/mol. The molecule has 1 heterocycles. The predicted molar refractivity (Wildman–Crippen MR) is 82.3 cm³/mol. The van der Waals surface area contributed by atoms with Crippen molar-refractivity contribution >= 4 is 15.9 Å². The normalized spacial score (nSPS) is 16.1. The fourth-order valence-corrected chi connectivity index (χ4v) is 2.75. The molecule has 2 rings (SSSR count). The molecule has 20 heavy (non-hydrogen) atoms. The number of hydrogen-bond acceptors (Lipinski definition) is 4. The molecule has 2 N–H and O–H groups in total. The van der Waals surface area contributed by atoms with Gasteiger partial charge in [-0.25, -0.2) is 0 Å². The molecule has 0 amide bonds. The number of fused-ring (bicyclic) bond motifs is 1. The first kappa shape index (κ1) is 15.6. The lowest BCUT2D eigenvalue weighted by Crippen LogP contribution is -2.36. The molecule has 1 aliphatic heterocycles. The summed E-state index contributed by atoms with van der Waals surface area (Å²) in [6.45, 7) is 6.39. The monoisotopic (exact) mass is 343 g/mol. The molecule has 0 aliphatic carbocycles. The quantitative estimate of drug-likeness (QED) is 0.862. The number of aliphatic hydroxyl groups excluding tert-OH is 1. The molecular formula is C15H22BrNO3. The molecule has 1 atom stereocenters. The van der Waals surface area contributed by atoms with Crippen molar-refractivity contribution in [3.05, 3.63) is 22.2 Å². The van der Waals surface area contributed by atoms with Crippen molar-refractivity contribution in [3.63, 3.8) is 0 Å². The van der Waals surface area contributed by atoms with Gasteiger partial charge in [0.1, 0.15) is 0 Å². The largest absolute Gasteiger partial charge is 0.490 e. The topological polar surface area (TPSA) is 50.7 Å². The second kappa shape index (κ2) is 7.29. The Labute approximate surface area is 128 Å². The second-order valence-electron chi connectivity index (χ2n) is 5.37. The van der Waals surface area contributed by atoms with Crippen LogP contribution in [-0.4, -0.2) is 31.0 Å². The zero-order chi connectivity index (χ0) is 14.5. The van der Waals surface area contributed by atoms with Crippen LogP contribution >= 0.6 is 15.9 Å². The molecule has 4 nitrogen and oxygen atoms in total. The minimum absolute atomic E-state index is 0.102. The molecule has 0 radical (unpaired) electrons. The molecule has 1 aromatic rings. The van der Waals surface area contributed by atoms with Crippen LogP contribution in [0.2, 0.25) is 0 Å². The van der Waals surface area contributed by atoms with Gasteiger partial charge in [0.25, 0.3) is 0 Å². The lowest BCUT2D eigenvalue weighted by atomic mass is 10.0. The summed E-state index contributed by atoms with van der Waals surface area (Å²) in [6, 6.07) is 4.15. The van der Waals surface area contributed by atoms with E-state index in [1.807, 2.05) is 12.1 Å². The van der Waals surface area contributed by atoms with E-state index in [2.05, 4.69) is 35.1 Å². The highest BCUT2D eigenvalue weighted by molar-refractivity contribution is 9.10. The maximum atomic E-state index is 9.34. The van der Waals surface area contributed by atoms with E-state index in [0.29, 0.717) is 25.7 Å². The molecule has 0 fully saturated rings. The molecule has 0 unspecified atom stereocenters. The van der Waals surface area contributed by atoms with Gasteiger partial charge in [-0.15, -0.1) is 0 Å². The van der Waals surface area contributed by atoms with Gasteiger partial charge >= 0.3 is 0 Å². The average Bonchev–Trinajstić information content (AvgIpc) is 2.64. The van der Waals surface area contributed by atoms with E-state index in [1.165, 1.54) is 0 Å². The van der Waals surface area contributed by atoms with Crippen LogP contribution in [0.3, 0.4) is 0 Å². The van der Waals surface area contributed by atoms with Crippen molar-refractivity contribution in [2.24, 2.45) is 5.92 Å². The van der Waals surface area contributed by atoms with Gasteiger partial charge < -0.3 is 19.9 Å². The Morgan fingerprint density at radius 3 is 2.75 bits per heavy atom. The van der Waals surface area contributed by atoms with Crippen LogP contribution in [0.15, 0.2) is 16.6 Å². The number of aliphatic hydroxyl groups is 1. The summed E-state index contributed by atoms with van der Waals surface area (Å²) < 4.78 is 12.3. The van der Waals surface area contributed by atoms with Crippen molar-refractivity contribution in [2.75, 3.05) is 19.8 Å². The smallest absolute Gasteiger partial charge is 0.175 e. The van der Waals surface area contributed by atoms with Crippen molar-refractivity contribution < 1.29 is 14.6 Å². The van der Waals surface area contributed by atoms with Crippen molar-refractivity contribution in [1.82, 2.24) is 5.32 Å². The van der Waals surface area contributed by atoms with Gasteiger partial charge in [0.15, 0.2) is 11.5 Å². The zero-order valence-corrected chi connectivity index (χ0v) is 13.6. The molecule has 0 saturated heterocycles. The first-order chi connectivity index (χ1) is 9.61. The number of hydrogen-bond donors (Lipinski definition) is 2. The summed E-state index contributed by atoms with van der Waals surface area (Å²) in [6.07, 6.45) is 0.897. The molecule has 112 valence electrons. The molecule has 1 aromatic carbocycles. The van der Waals surface area contributed by atoms with Crippen LogP contribution in [0, 0.1) is 5.92 Å². The Bertz CT molecular complexity index is 451. The van der Waals surface area contributed by atoms with Gasteiger partial charge in [-0.3, -0.25) is 0 Å². The second-order valence-corrected chi connectivity index (χ2v) is 6.22. The van der Waals surface area contributed by atoms with Crippen molar-refractivity contribution in [3.8, 4) is 11.5 Å². The van der Waals surface area contributed by atoms with E-state index in [9.17, 15) is 5.11 Å². The van der Waals surface area contributed by atoms with E-state index in [1.54, 1.807) is 0 Å². The highest BCUT2D eigenvalue weighted by Gasteiger charge is 2.16. The van der Waals surface area contributed by atoms with E-state index >= 15 is 0 Å². The molecule has 0 aromatic heterocycles. The predicted octanol–water partition coefficient (Wildman–Crippen LogP) is 2.72. The van der Waals surface area contributed by atoms with Crippen LogP contribution in [0.1, 0.15) is 25.8 Å². The first-order valence-electron chi connectivity index (χ1n) is 7.04. The summed E-state index contributed by atoms with van der Waals surface area (Å²) in [5.74, 6) is 1.97. The number of benzene rings is 1. The standard InChI is InChI=1S/C15H22BrNO3/c1-10(2)13(9-18)17-8-11-6-12(16)15-14(7-11)19-4-3-5-20-15/h6-7,10,13,17-18H,3-5,8-9H2,1-2H3/t13-/m1/s1. The third kappa shape index (κ3) is 3.87. The third-order valence-corrected chi connectivity index (χ3v) is 4.02. The number of halogens is 1. The number of ether oxygens (including phenoxy) is 2. The molecule has 0 saturated carbocycles. The Morgan fingerprint density at radius 2 is 2.05 bits per heavy atom. The fraction of sp³-hybridized carbons (Fsp3) is 0.600. The lowest BCUT2D eigenvalue weighted by molar-refractivity contribution is 0.210. The maximum Gasteiger partial charge on any atom is 0.175 e. The van der Waals surface area contributed by atoms with Crippen molar-refractivity contribution in [2.45, 2.75) is 32.9 Å². The average molecular weight is 344 g/mol. The van der Waals surface area contributed by atoms with Gasteiger partial charge in [-0.2, -0.15) is 0 Å². The highest BCUT2D eigenvalue weighted by Crippen LogP contribution is 2.38. The number of rotatable bonds is 5. The van der Waals surface area contributed by atoms with Crippen LogP contribution in [0.25, 0.3) is 0 Å². The Hall–Kier alpha value is -0.780. The molecule has 1 aliphatic rings. The summed E-state index contributed by atoms with van der Waals surface area (Å²) in [5, 5.41) is 12.7. The van der Waals surface area contributed by atoms with Crippen LogP contribution in [-0.2, 0) is 6.54 Å². The lowest BCUT2D eigenvalue weighted by Gasteiger charge is -2.20. The Kier molecular flexibility index (Phi) is 5.69. The van der Waals surface area contributed by atoms with Gasteiger partial charge in [0, 0.05) is 19.0 Å². The number of nitrogens with one attached hydrogen (secondary N) is 1. The van der Waals surface area contributed by atoms with Crippen LogP contribution in [0.5, 0.6) is 11.5 Å². The van der Waals surface area contributed by atoms with E-state index in [4.69, 9.17) is 9.47 Å². The van der Waals surface area contributed by atoms with Crippen LogP contribution in [0.4, 0.5) is 0 Å². The third-order valence-electron chi connectivity index (χ3n) is 3.43. The van der Waals surface area contributed by atoms with E-state index < -0.39 is 0 Å². The van der Waals surface area contributed by atoms with Crippen LogP contribution < -0.4 is 14.8 Å². The highest BCUT2D eigenvalue weighted by atomic mass is 79.9. The summed E-state index contributed by atoms with van der Waals surface area (Å²) in [5.41, 5.74) is 1.11.